The summed E-state index contributed by atoms with van der Waals surface area (Å²) in [6.07, 6.45) is 3.37. The molecule has 5 nitrogen and oxygen atoms in total. The maximum Gasteiger partial charge on any atom is 0.238 e. The van der Waals surface area contributed by atoms with E-state index >= 15 is 0 Å². The second-order valence-electron chi connectivity index (χ2n) is 5.58. The molecular formula is C13H14Cl2N2O3S. The molecule has 1 amide bonds. The van der Waals surface area contributed by atoms with Gasteiger partial charge in [0.2, 0.25) is 15.9 Å². The molecular weight excluding hydrogens is 335 g/mol. The molecule has 0 bridgehead atoms. The molecule has 3 rings (SSSR count). The van der Waals surface area contributed by atoms with Crippen LogP contribution in [0.3, 0.4) is 0 Å². The molecule has 2 fully saturated rings. The van der Waals surface area contributed by atoms with Crippen molar-refractivity contribution in [3.63, 3.8) is 0 Å². The molecule has 2 aliphatic carbocycles. The fraction of sp³-hybridized carbons (Fsp3) is 0.462. The number of rotatable bonds is 3. The lowest BCUT2D eigenvalue weighted by atomic mass is 10.1. The van der Waals surface area contributed by atoms with Gasteiger partial charge in [0.1, 0.15) is 0 Å². The first kappa shape index (κ1) is 15.1. The highest BCUT2D eigenvalue weighted by Gasteiger charge is 2.56. The van der Waals surface area contributed by atoms with Gasteiger partial charge in [0.25, 0.3) is 0 Å². The number of hydrogen-bond donors (Lipinski definition) is 2. The van der Waals surface area contributed by atoms with Crippen LogP contribution in [0.4, 0.5) is 5.69 Å². The number of fused-ring (bicyclic) bond motifs is 1. The Morgan fingerprint density at radius 1 is 1.19 bits per heavy atom. The lowest BCUT2D eigenvalue weighted by molar-refractivity contribution is -0.118. The number of anilines is 1. The quantitative estimate of drug-likeness (QED) is 0.879. The van der Waals surface area contributed by atoms with Crippen LogP contribution >= 0.6 is 23.2 Å². The number of nitrogens with two attached hydrogens (primary N) is 1. The van der Waals surface area contributed by atoms with Crippen LogP contribution in [0.25, 0.3) is 0 Å². The molecule has 114 valence electrons. The van der Waals surface area contributed by atoms with E-state index in [1.807, 2.05) is 0 Å². The Morgan fingerprint density at radius 3 is 2.19 bits per heavy atom. The highest BCUT2D eigenvalue weighted by Crippen LogP contribution is 2.57. The van der Waals surface area contributed by atoms with E-state index in [-0.39, 0.29) is 32.5 Å². The molecule has 2 unspecified atom stereocenters. The third-order valence-electron chi connectivity index (χ3n) is 4.30. The van der Waals surface area contributed by atoms with Gasteiger partial charge >= 0.3 is 0 Å². The molecule has 0 aromatic heterocycles. The summed E-state index contributed by atoms with van der Waals surface area (Å²) in [6.45, 7) is 0. The summed E-state index contributed by atoms with van der Waals surface area (Å²) in [5.74, 6) is 0.887. The molecule has 0 radical (unpaired) electrons. The number of halogens is 2. The standard InChI is InChI=1S/C13H14Cl2N2O3S/c14-9-4-6(21(16,19)20)5-10(15)12(9)17-13(18)11-7-2-1-3-8(7)11/h4-5,7-8,11H,1-3H2,(H,17,18)(H2,16,19,20). The van der Waals surface area contributed by atoms with Crippen molar-refractivity contribution in [2.45, 2.75) is 24.2 Å². The number of amides is 1. The van der Waals surface area contributed by atoms with Gasteiger partial charge in [-0.2, -0.15) is 0 Å². The van der Waals surface area contributed by atoms with Gasteiger partial charge in [-0.3, -0.25) is 4.79 Å². The van der Waals surface area contributed by atoms with E-state index in [1.165, 1.54) is 18.6 Å². The Kier molecular flexibility index (Phi) is 3.68. The molecule has 2 saturated carbocycles. The molecule has 3 N–H and O–H groups in total. The molecule has 0 spiro atoms. The minimum atomic E-state index is -3.89. The fourth-order valence-corrected chi connectivity index (χ4v) is 4.53. The van der Waals surface area contributed by atoms with Crippen LogP contribution in [0, 0.1) is 17.8 Å². The maximum atomic E-state index is 12.2. The van der Waals surface area contributed by atoms with E-state index in [2.05, 4.69) is 5.32 Å². The van der Waals surface area contributed by atoms with Crippen LogP contribution in [0.15, 0.2) is 17.0 Å². The lowest BCUT2D eigenvalue weighted by Gasteiger charge is -2.11. The fourth-order valence-electron chi connectivity index (χ4n) is 3.25. The van der Waals surface area contributed by atoms with Gasteiger partial charge in [-0.1, -0.05) is 29.6 Å². The second kappa shape index (κ2) is 5.12. The smallest absolute Gasteiger partial charge is 0.238 e. The van der Waals surface area contributed by atoms with Crippen LogP contribution in [0.5, 0.6) is 0 Å². The predicted octanol–water partition coefficient (Wildman–Crippen LogP) is 2.63. The van der Waals surface area contributed by atoms with Gasteiger partial charge in [-0.05, 0) is 36.8 Å². The number of sulfonamides is 1. The highest BCUT2D eigenvalue weighted by molar-refractivity contribution is 7.89. The second-order valence-corrected chi connectivity index (χ2v) is 7.96. The molecule has 8 heteroatoms. The zero-order valence-electron chi connectivity index (χ0n) is 11.0. The van der Waals surface area contributed by atoms with Crippen molar-refractivity contribution in [2.75, 3.05) is 5.32 Å². The number of benzene rings is 1. The van der Waals surface area contributed by atoms with Crippen molar-refractivity contribution < 1.29 is 13.2 Å². The van der Waals surface area contributed by atoms with Gasteiger partial charge in [0, 0.05) is 5.92 Å². The zero-order chi connectivity index (χ0) is 15.4. The Hall–Kier alpha value is -0.820. The van der Waals surface area contributed by atoms with Crippen LogP contribution in [0.2, 0.25) is 10.0 Å². The largest absolute Gasteiger partial charge is 0.323 e. The maximum absolute atomic E-state index is 12.2. The van der Waals surface area contributed by atoms with Gasteiger partial charge in [0.05, 0.1) is 20.6 Å². The van der Waals surface area contributed by atoms with E-state index < -0.39 is 10.0 Å². The first-order chi connectivity index (χ1) is 9.79. The zero-order valence-corrected chi connectivity index (χ0v) is 13.3. The first-order valence-electron chi connectivity index (χ1n) is 6.62. The van der Waals surface area contributed by atoms with E-state index in [0.29, 0.717) is 11.8 Å². The highest BCUT2D eigenvalue weighted by atomic mass is 35.5. The van der Waals surface area contributed by atoms with Crippen molar-refractivity contribution in [2.24, 2.45) is 22.9 Å². The number of nitrogens with one attached hydrogen (secondary N) is 1. The van der Waals surface area contributed by atoms with E-state index in [0.717, 1.165) is 12.8 Å². The molecule has 21 heavy (non-hydrogen) atoms. The van der Waals surface area contributed by atoms with Crippen LogP contribution in [-0.4, -0.2) is 14.3 Å². The molecule has 0 heterocycles. The van der Waals surface area contributed by atoms with Crippen molar-refractivity contribution >= 4 is 44.8 Å². The molecule has 1 aromatic rings. The van der Waals surface area contributed by atoms with Crippen LogP contribution < -0.4 is 10.5 Å². The average molecular weight is 349 g/mol. The average Bonchev–Trinajstić information content (AvgIpc) is 2.86. The summed E-state index contributed by atoms with van der Waals surface area (Å²) in [4.78, 5) is 12.0. The summed E-state index contributed by atoms with van der Waals surface area (Å²) < 4.78 is 22.6. The third-order valence-corrected chi connectivity index (χ3v) is 5.79. The van der Waals surface area contributed by atoms with E-state index in [1.54, 1.807) is 0 Å². The molecule has 0 saturated heterocycles. The summed E-state index contributed by atoms with van der Waals surface area (Å²) in [6, 6.07) is 2.37. The lowest BCUT2D eigenvalue weighted by Crippen LogP contribution is -2.18. The van der Waals surface area contributed by atoms with Crippen molar-refractivity contribution in [3.8, 4) is 0 Å². The van der Waals surface area contributed by atoms with Crippen LogP contribution in [0.1, 0.15) is 19.3 Å². The minimum Gasteiger partial charge on any atom is -0.323 e. The van der Waals surface area contributed by atoms with Gasteiger partial charge in [0.15, 0.2) is 0 Å². The van der Waals surface area contributed by atoms with Crippen molar-refractivity contribution in [3.05, 3.63) is 22.2 Å². The molecule has 1 aromatic carbocycles. The summed E-state index contributed by atoms with van der Waals surface area (Å²) in [7, 11) is -3.89. The number of hydrogen-bond acceptors (Lipinski definition) is 3. The minimum absolute atomic E-state index is 0.0313. The molecule has 2 atom stereocenters. The molecule has 2 aliphatic rings. The Labute approximate surface area is 132 Å². The Morgan fingerprint density at radius 2 is 1.71 bits per heavy atom. The van der Waals surface area contributed by atoms with E-state index in [9.17, 15) is 13.2 Å². The summed E-state index contributed by atoms with van der Waals surface area (Å²) >= 11 is 12.0. The first-order valence-corrected chi connectivity index (χ1v) is 8.92. The van der Waals surface area contributed by atoms with E-state index in [4.69, 9.17) is 28.3 Å². The topological polar surface area (TPSA) is 89.3 Å². The predicted molar refractivity (Wildman–Crippen MR) is 80.8 cm³/mol. The van der Waals surface area contributed by atoms with Crippen molar-refractivity contribution in [1.82, 2.24) is 0 Å². The Balaban J connectivity index is 1.81. The Bertz CT molecular complexity index is 687. The van der Waals surface area contributed by atoms with Gasteiger partial charge in [-0.25, -0.2) is 13.6 Å². The normalized spacial score (nSPS) is 27.3. The summed E-state index contributed by atoms with van der Waals surface area (Å²) in [5.41, 5.74) is 0.237. The number of primary sulfonamides is 1. The molecule has 0 aliphatic heterocycles. The van der Waals surface area contributed by atoms with Crippen molar-refractivity contribution in [1.29, 1.82) is 0 Å². The van der Waals surface area contributed by atoms with Gasteiger partial charge in [-0.15, -0.1) is 0 Å². The monoisotopic (exact) mass is 348 g/mol. The SMILES string of the molecule is NS(=O)(=O)c1cc(Cl)c(NC(=O)C2C3CCCC32)c(Cl)c1. The summed E-state index contributed by atoms with van der Waals surface area (Å²) in [5, 5.41) is 7.86. The third kappa shape index (κ3) is 2.77. The van der Waals surface area contributed by atoms with Crippen LogP contribution in [-0.2, 0) is 14.8 Å². The number of carbonyl (C=O) groups excluding carboxylic acids is 1. The number of carbonyl (C=O) groups is 1. The van der Waals surface area contributed by atoms with Gasteiger partial charge < -0.3 is 5.32 Å².